The molecular formula is C18H18ClN5O. The summed E-state index contributed by atoms with van der Waals surface area (Å²) in [4.78, 5) is 20.9. The van der Waals surface area contributed by atoms with Crippen molar-refractivity contribution in [2.45, 2.75) is 19.9 Å². The lowest BCUT2D eigenvalue weighted by Crippen LogP contribution is -2.27. The highest BCUT2D eigenvalue weighted by atomic mass is 35.5. The van der Waals surface area contributed by atoms with Gasteiger partial charge in [-0.2, -0.15) is 5.10 Å². The fourth-order valence-electron chi connectivity index (χ4n) is 2.49. The van der Waals surface area contributed by atoms with Gasteiger partial charge in [0.05, 0.1) is 17.8 Å². The Morgan fingerprint density at radius 3 is 2.36 bits per heavy atom. The summed E-state index contributed by atoms with van der Waals surface area (Å²) in [5.74, 6) is 0.322. The van der Waals surface area contributed by atoms with Crippen LogP contribution < -0.4 is 5.32 Å². The van der Waals surface area contributed by atoms with E-state index in [2.05, 4.69) is 20.4 Å². The summed E-state index contributed by atoms with van der Waals surface area (Å²) in [5.41, 5.74) is 3.25. The van der Waals surface area contributed by atoms with Crippen LogP contribution in [0, 0.1) is 6.92 Å². The molecule has 1 unspecified atom stereocenters. The third kappa shape index (κ3) is 3.69. The van der Waals surface area contributed by atoms with Crippen LogP contribution in [0.15, 0.2) is 42.9 Å². The van der Waals surface area contributed by atoms with Gasteiger partial charge in [-0.05, 0) is 38.1 Å². The zero-order valence-electron chi connectivity index (χ0n) is 14.2. The minimum Gasteiger partial charge on any atom is -0.345 e. The molecule has 0 saturated heterocycles. The number of hydrogen-bond acceptors (Lipinski definition) is 4. The molecule has 0 fully saturated rings. The number of benzene rings is 1. The highest BCUT2D eigenvalue weighted by Gasteiger charge is 2.16. The predicted molar refractivity (Wildman–Crippen MR) is 96.3 cm³/mol. The number of hydrogen-bond donors (Lipinski definition) is 1. The van der Waals surface area contributed by atoms with Crippen LogP contribution in [-0.4, -0.2) is 25.7 Å². The lowest BCUT2D eigenvalue weighted by Gasteiger charge is -2.13. The zero-order valence-corrected chi connectivity index (χ0v) is 14.9. The second-order valence-electron chi connectivity index (χ2n) is 5.81. The maximum Gasteiger partial charge on any atom is 0.254 e. The Balaban J connectivity index is 1.72. The number of aromatic nitrogens is 4. The Morgan fingerprint density at radius 2 is 1.80 bits per heavy atom. The monoisotopic (exact) mass is 355 g/mol. The Bertz CT molecular complexity index is 887. The Labute approximate surface area is 150 Å². The quantitative estimate of drug-likeness (QED) is 0.779. The Morgan fingerprint density at radius 1 is 1.16 bits per heavy atom. The van der Waals surface area contributed by atoms with E-state index in [0.717, 1.165) is 16.8 Å². The van der Waals surface area contributed by atoms with Gasteiger partial charge in [-0.3, -0.25) is 9.48 Å². The molecule has 0 spiro atoms. The van der Waals surface area contributed by atoms with Gasteiger partial charge in [-0.25, -0.2) is 9.97 Å². The van der Waals surface area contributed by atoms with Crippen molar-refractivity contribution in [2.24, 2.45) is 7.05 Å². The van der Waals surface area contributed by atoms with Gasteiger partial charge in [-0.1, -0.05) is 11.6 Å². The minimum atomic E-state index is -0.224. The van der Waals surface area contributed by atoms with Gasteiger partial charge in [-0.15, -0.1) is 0 Å². The fraction of sp³-hybridized carbons (Fsp3) is 0.222. The average Bonchev–Trinajstić information content (AvgIpc) is 2.95. The smallest absolute Gasteiger partial charge is 0.254 e. The molecule has 128 valence electrons. The van der Waals surface area contributed by atoms with E-state index in [1.807, 2.05) is 33.0 Å². The van der Waals surface area contributed by atoms with Crippen molar-refractivity contribution in [3.8, 4) is 11.4 Å². The molecule has 0 radical (unpaired) electrons. The molecule has 0 saturated carbocycles. The highest BCUT2D eigenvalue weighted by molar-refractivity contribution is 6.30. The number of carbonyl (C=O) groups is 1. The molecule has 7 heteroatoms. The van der Waals surface area contributed by atoms with Gasteiger partial charge >= 0.3 is 0 Å². The van der Waals surface area contributed by atoms with Gasteiger partial charge in [0, 0.05) is 41.3 Å². The lowest BCUT2D eigenvalue weighted by molar-refractivity contribution is 0.0939. The summed E-state index contributed by atoms with van der Waals surface area (Å²) in [6.45, 7) is 3.89. The van der Waals surface area contributed by atoms with Gasteiger partial charge in [0.2, 0.25) is 0 Å². The molecule has 0 aliphatic carbocycles. The van der Waals surface area contributed by atoms with Gasteiger partial charge in [0.25, 0.3) is 5.91 Å². The normalized spacial score (nSPS) is 12.0. The van der Waals surface area contributed by atoms with Crippen molar-refractivity contribution in [1.82, 2.24) is 25.1 Å². The number of nitrogens with one attached hydrogen (secondary N) is 1. The fourth-order valence-corrected chi connectivity index (χ4v) is 2.62. The van der Waals surface area contributed by atoms with Crippen LogP contribution in [0.2, 0.25) is 5.02 Å². The van der Waals surface area contributed by atoms with E-state index in [9.17, 15) is 4.79 Å². The summed E-state index contributed by atoms with van der Waals surface area (Å²) in [5, 5.41) is 7.80. The Hall–Kier alpha value is -2.73. The molecule has 25 heavy (non-hydrogen) atoms. The molecule has 6 nitrogen and oxygen atoms in total. The molecule has 1 aromatic carbocycles. The summed E-state index contributed by atoms with van der Waals surface area (Å²) in [6, 6.07) is 7.07. The third-order valence-corrected chi connectivity index (χ3v) is 4.36. The second kappa shape index (κ2) is 7.03. The average molecular weight is 356 g/mol. The maximum absolute atomic E-state index is 12.4. The van der Waals surface area contributed by atoms with Crippen molar-refractivity contribution < 1.29 is 4.79 Å². The standard InChI is InChI=1S/C18H18ClN5O/c1-11(16-10-22-24(3)12(16)2)23-18(25)14-8-20-17(21-9-14)13-4-6-15(19)7-5-13/h4-11H,1-3H3,(H,23,25). The van der Waals surface area contributed by atoms with E-state index in [-0.39, 0.29) is 11.9 Å². The first kappa shape index (κ1) is 17.1. The van der Waals surface area contributed by atoms with E-state index in [0.29, 0.717) is 16.4 Å². The molecule has 0 aliphatic rings. The SMILES string of the molecule is Cc1c(C(C)NC(=O)c2cnc(-c3ccc(Cl)cc3)nc2)cnn1C. The number of rotatable bonds is 4. The number of aryl methyl sites for hydroxylation is 1. The largest absolute Gasteiger partial charge is 0.345 e. The van der Waals surface area contributed by atoms with E-state index in [1.54, 1.807) is 23.0 Å². The van der Waals surface area contributed by atoms with Gasteiger partial charge < -0.3 is 5.32 Å². The van der Waals surface area contributed by atoms with Crippen molar-refractivity contribution in [1.29, 1.82) is 0 Å². The number of halogens is 1. The topological polar surface area (TPSA) is 72.7 Å². The molecule has 3 aromatic rings. The van der Waals surface area contributed by atoms with Crippen LogP contribution in [-0.2, 0) is 7.05 Å². The van der Waals surface area contributed by atoms with Crippen LogP contribution in [0.4, 0.5) is 0 Å². The van der Waals surface area contributed by atoms with E-state index in [4.69, 9.17) is 11.6 Å². The third-order valence-electron chi connectivity index (χ3n) is 4.10. The molecule has 1 atom stereocenters. The van der Waals surface area contributed by atoms with Crippen molar-refractivity contribution >= 4 is 17.5 Å². The molecule has 1 amide bonds. The summed E-state index contributed by atoms with van der Waals surface area (Å²) in [7, 11) is 1.87. The molecule has 2 aromatic heterocycles. The van der Waals surface area contributed by atoms with Crippen molar-refractivity contribution in [2.75, 3.05) is 0 Å². The van der Waals surface area contributed by atoms with Crippen LogP contribution in [0.25, 0.3) is 11.4 Å². The zero-order chi connectivity index (χ0) is 18.0. The molecular weight excluding hydrogens is 338 g/mol. The Kier molecular flexibility index (Phi) is 4.81. The molecule has 0 bridgehead atoms. The number of nitrogens with zero attached hydrogens (tertiary/aromatic N) is 4. The van der Waals surface area contributed by atoms with E-state index < -0.39 is 0 Å². The van der Waals surface area contributed by atoms with Gasteiger partial charge in [0.15, 0.2) is 5.82 Å². The lowest BCUT2D eigenvalue weighted by atomic mass is 10.1. The molecule has 3 rings (SSSR count). The summed E-state index contributed by atoms with van der Waals surface area (Å²) < 4.78 is 1.78. The summed E-state index contributed by atoms with van der Waals surface area (Å²) in [6.07, 6.45) is 4.81. The molecule has 1 N–H and O–H groups in total. The van der Waals surface area contributed by atoms with Crippen LogP contribution >= 0.6 is 11.6 Å². The van der Waals surface area contributed by atoms with E-state index >= 15 is 0 Å². The van der Waals surface area contributed by atoms with Crippen molar-refractivity contribution in [3.05, 3.63) is 64.7 Å². The first-order chi connectivity index (χ1) is 12.0. The van der Waals surface area contributed by atoms with Gasteiger partial charge in [0.1, 0.15) is 0 Å². The number of amides is 1. The minimum absolute atomic E-state index is 0.155. The molecule has 2 heterocycles. The predicted octanol–water partition coefficient (Wildman–Crippen LogP) is 3.33. The highest BCUT2D eigenvalue weighted by Crippen LogP contribution is 2.19. The first-order valence-corrected chi connectivity index (χ1v) is 8.21. The van der Waals surface area contributed by atoms with Crippen LogP contribution in [0.5, 0.6) is 0 Å². The van der Waals surface area contributed by atoms with Crippen LogP contribution in [0.1, 0.15) is 34.6 Å². The first-order valence-electron chi connectivity index (χ1n) is 7.83. The second-order valence-corrected chi connectivity index (χ2v) is 6.24. The number of carbonyl (C=O) groups excluding carboxylic acids is 1. The van der Waals surface area contributed by atoms with Crippen molar-refractivity contribution in [3.63, 3.8) is 0 Å². The molecule has 0 aliphatic heterocycles. The van der Waals surface area contributed by atoms with Crippen LogP contribution in [0.3, 0.4) is 0 Å². The van der Waals surface area contributed by atoms with E-state index in [1.165, 1.54) is 12.4 Å². The maximum atomic E-state index is 12.4. The summed E-state index contributed by atoms with van der Waals surface area (Å²) >= 11 is 5.88.